The molecule has 0 unspecified atom stereocenters. The van der Waals surface area contributed by atoms with Crippen LogP contribution in [0.15, 0.2) is 72.2 Å². The van der Waals surface area contributed by atoms with Gasteiger partial charge in [0.05, 0.1) is 32.2 Å². The number of Topliss-reactive ketones (excluding diaryl/α,β-unsaturated/α-hetero) is 1. The molecule has 0 aliphatic carbocycles. The van der Waals surface area contributed by atoms with E-state index in [0.29, 0.717) is 23.7 Å². The zero-order valence-corrected chi connectivity index (χ0v) is 14.9. The molecule has 1 N–H and O–H groups in total. The Morgan fingerprint density at radius 3 is 2.46 bits per heavy atom. The van der Waals surface area contributed by atoms with Gasteiger partial charge in [-0.05, 0) is 18.4 Å². The molecule has 1 saturated heterocycles. The SMILES string of the molecule is CO/C(CC(=O)c1ccccc1)=C1/OCCC[C@H]1[C@H](O)c1ccccc1. The minimum Gasteiger partial charge on any atom is -0.497 e. The smallest absolute Gasteiger partial charge is 0.170 e. The van der Waals surface area contributed by atoms with Crippen molar-refractivity contribution in [2.75, 3.05) is 13.7 Å². The highest BCUT2D eigenvalue weighted by molar-refractivity contribution is 5.97. The van der Waals surface area contributed by atoms with Crippen LogP contribution in [0.5, 0.6) is 0 Å². The van der Waals surface area contributed by atoms with Gasteiger partial charge in [0.15, 0.2) is 5.78 Å². The van der Waals surface area contributed by atoms with Crippen LogP contribution in [0, 0.1) is 5.92 Å². The molecule has 4 nitrogen and oxygen atoms in total. The number of ether oxygens (including phenoxy) is 2. The molecular formula is C22H24O4. The largest absolute Gasteiger partial charge is 0.497 e. The molecule has 0 radical (unpaired) electrons. The number of methoxy groups -OCH3 is 1. The van der Waals surface area contributed by atoms with Gasteiger partial charge in [0.25, 0.3) is 0 Å². The Bertz CT molecular complexity index is 752. The van der Waals surface area contributed by atoms with Gasteiger partial charge in [-0.25, -0.2) is 0 Å². The Kier molecular flexibility index (Phi) is 6.08. The number of carbonyl (C=O) groups excluding carboxylic acids is 1. The van der Waals surface area contributed by atoms with Crippen LogP contribution in [0.4, 0.5) is 0 Å². The van der Waals surface area contributed by atoms with Crippen molar-refractivity contribution in [3.63, 3.8) is 0 Å². The summed E-state index contributed by atoms with van der Waals surface area (Å²) in [5.74, 6) is 0.847. The highest BCUT2D eigenvalue weighted by Crippen LogP contribution is 2.37. The quantitative estimate of drug-likeness (QED) is 0.623. The third-order valence-corrected chi connectivity index (χ3v) is 4.71. The van der Waals surface area contributed by atoms with Crippen molar-refractivity contribution in [3.05, 3.63) is 83.3 Å². The first-order valence-electron chi connectivity index (χ1n) is 8.91. The van der Waals surface area contributed by atoms with Crippen LogP contribution in [0.3, 0.4) is 0 Å². The van der Waals surface area contributed by atoms with Crippen LogP contribution in [-0.2, 0) is 9.47 Å². The molecular weight excluding hydrogens is 328 g/mol. The Hall–Kier alpha value is -2.59. The zero-order valence-electron chi connectivity index (χ0n) is 14.9. The molecule has 2 aromatic rings. The van der Waals surface area contributed by atoms with Crippen molar-refractivity contribution in [2.24, 2.45) is 5.92 Å². The van der Waals surface area contributed by atoms with E-state index in [1.165, 1.54) is 0 Å². The predicted octanol–water partition coefficient (Wildman–Crippen LogP) is 4.28. The van der Waals surface area contributed by atoms with Gasteiger partial charge in [0.1, 0.15) is 11.5 Å². The fourth-order valence-electron chi connectivity index (χ4n) is 3.33. The minimum atomic E-state index is -0.691. The number of allylic oxidation sites excluding steroid dienone is 1. The summed E-state index contributed by atoms with van der Waals surface area (Å²) < 4.78 is 11.4. The van der Waals surface area contributed by atoms with Crippen LogP contribution in [0.25, 0.3) is 0 Å². The molecule has 1 fully saturated rings. The second-order valence-corrected chi connectivity index (χ2v) is 6.41. The fraction of sp³-hybridized carbons (Fsp3) is 0.318. The van der Waals surface area contributed by atoms with Gasteiger partial charge in [0.2, 0.25) is 0 Å². The van der Waals surface area contributed by atoms with E-state index < -0.39 is 6.10 Å². The summed E-state index contributed by atoms with van der Waals surface area (Å²) in [6, 6.07) is 18.7. The van der Waals surface area contributed by atoms with Gasteiger partial charge < -0.3 is 14.6 Å². The number of aliphatic hydroxyl groups is 1. The summed E-state index contributed by atoms with van der Waals surface area (Å²) in [5.41, 5.74) is 1.48. The number of benzene rings is 2. The summed E-state index contributed by atoms with van der Waals surface area (Å²) in [7, 11) is 1.55. The molecule has 3 rings (SSSR count). The monoisotopic (exact) mass is 352 g/mol. The van der Waals surface area contributed by atoms with Crippen molar-refractivity contribution < 1.29 is 19.4 Å². The van der Waals surface area contributed by atoms with Crippen molar-refractivity contribution in [3.8, 4) is 0 Å². The Morgan fingerprint density at radius 1 is 1.15 bits per heavy atom. The molecule has 136 valence electrons. The lowest BCUT2D eigenvalue weighted by Gasteiger charge is -2.31. The van der Waals surface area contributed by atoms with Crippen LogP contribution in [0.2, 0.25) is 0 Å². The molecule has 0 bridgehead atoms. The van der Waals surface area contributed by atoms with Crippen LogP contribution in [-0.4, -0.2) is 24.6 Å². The first kappa shape index (κ1) is 18.2. The topological polar surface area (TPSA) is 55.8 Å². The minimum absolute atomic E-state index is 0.0305. The standard InChI is InChI=1S/C22H24O4/c1-25-20(15-19(23)16-9-4-2-5-10-16)22-18(13-8-14-26-22)21(24)17-11-6-3-7-12-17/h2-7,9-12,18,21,24H,8,13-15H2,1H3/b22-20+/t18-,21+/m0/s1. The summed E-state index contributed by atoms with van der Waals surface area (Å²) in [6.07, 6.45) is 1.08. The van der Waals surface area contributed by atoms with E-state index in [4.69, 9.17) is 9.47 Å². The van der Waals surface area contributed by atoms with Gasteiger partial charge in [-0.2, -0.15) is 0 Å². The van der Waals surface area contributed by atoms with Crippen LogP contribution >= 0.6 is 0 Å². The van der Waals surface area contributed by atoms with E-state index in [0.717, 1.165) is 18.4 Å². The molecule has 4 heteroatoms. The maximum atomic E-state index is 12.6. The number of carbonyl (C=O) groups is 1. The molecule has 0 saturated carbocycles. The molecule has 26 heavy (non-hydrogen) atoms. The number of rotatable bonds is 6. The highest BCUT2D eigenvalue weighted by Gasteiger charge is 2.32. The maximum Gasteiger partial charge on any atom is 0.170 e. The first-order chi connectivity index (χ1) is 12.7. The molecule has 0 amide bonds. The summed E-state index contributed by atoms with van der Waals surface area (Å²) >= 11 is 0. The number of hydrogen-bond donors (Lipinski definition) is 1. The Labute approximate surface area is 154 Å². The fourth-order valence-corrected chi connectivity index (χ4v) is 3.33. The van der Waals surface area contributed by atoms with Gasteiger partial charge in [-0.1, -0.05) is 60.7 Å². The predicted molar refractivity (Wildman–Crippen MR) is 99.5 cm³/mol. The lowest BCUT2D eigenvalue weighted by molar-refractivity contribution is 0.0295. The van der Waals surface area contributed by atoms with E-state index in [2.05, 4.69) is 0 Å². The second-order valence-electron chi connectivity index (χ2n) is 6.41. The second kappa shape index (κ2) is 8.68. The summed E-state index contributed by atoms with van der Waals surface area (Å²) in [6.45, 7) is 0.569. The van der Waals surface area contributed by atoms with E-state index in [1.54, 1.807) is 19.2 Å². The molecule has 1 aliphatic rings. The number of hydrogen-bond acceptors (Lipinski definition) is 4. The average molecular weight is 352 g/mol. The molecule has 0 aromatic heterocycles. The van der Waals surface area contributed by atoms with Gasteiger partial charge in [0, 0.05) is 5.56 Å². The third-order valence-electron chi connectivity index (χ3n) is 4.71. The lowest BCUT2D eigenvalue weighted by Crippen LogP contribution is -2.24. The highest BCUT2D eigenvalue weighted by atomic mass is 16.5. The van der Waals surface area contributed by atoms with E-state index in [9.17, 15) is 9.90 Å². The molecule has 2 aromatic carbocycles. The number of ketones is 1. The Balaban J connectivity index is 1.86. The maximum absolute atomic E-state index is 12.6. The van der Waals surface area contributed by atoms with Crippen LogP contribution < -0.4 is 0 Å². The zero-order chi connectivity index (χ0) is 18.4. The van der Waals surface area contributed by atoms with Crippen molar-refractivity contribution in [1.29, 1.82) is 0 Å². The normalized spacial score (nSPS) is 20.0. The third kappa shape index (κ3) is 4.14. The van der Waals surface area contributed by atoms with Gasteiger partial charge >= 0.3 is 0 Å². The number of aliphatic hydroxyl groups excluding tert-OH is 1. The molecule has 1 heterocycles. The lowest BCUT2D eigenvalue weighted by atomic mass is 9.87. The van der Waals surface area contributed by atoms with Crippen LogP contribution in [0.1, 0.15) is 41.3 Å². The molecule has 0 spiro atoms. The van der Waals surface area contributed by atoms with Crippen molar-refractivity contribution in [1.82, 2.24) is 0 Å². The van der Waals surface area contributed by atoms with Crippen molar-refractivity contribution >= 4 is 5.78 Å². The average Bonchev–Trinajstić information content (AvgIpc) is 2.72. The van der Waals surface area contributed by atoms with Gasteiger partial charge in [-0.3, -0.25) is 4.79 Å². The Morgan fingerprint density at radius 2 is 1.81 bits per heavy atom. The van der Waals surface area contributed by atoms with E-state index in [-0.39, 0.29) is 18.1 Å². The molecule has 2 atom stereocenters. The van der Waals surface area contributed by atoms with E-state index in [1.807, 2.05) is 48.5 Å². The molecule has 1 aliphatic heterocycles. The summed E-state index contributed by atoms with van der Waals surface area (Å²) in [5, 5.41) is 10.9. The van der Waals surface area contributed by atoms with E-state index >= 15 is 0 Å². The summed E-state index contributed by atoms with van der Waals surface area (Å²) in [4.78, 5) is 12.6. The van der Waals surface area contributed by atoms with Gasteiger partial charge in [-0.15, -0.1) is 0 Å². The van der Waals surface area contributed by atoms with Crippen molar-refractivity contribution in [2.45, 2.75) is 25.4 Å². The first-order valence-corrected chi connectivity index (χ1v) is 8.91.